The van der Waals surface area contributed by atoms with Crippen molar-refractivity contribution >= 4 is 43.7 Å². The predicted molar refractivity (Wildman–Crippen MR) is 69.9 cm³/mol. The van der Waals surface area contributed by atoms with E-state index in [1.165, 1.54) is 0 Å². The van der Waals surface area contributed by atoms with Gasteiger partial charge in [0, 0.05) is 12.2 Å². The van der Waals surface area contributed by atoms with Crippen molar-refractivity contribution < 1.29 is 0 Å². The molecule has 1 aromatic carbocycles. The maximum Gasteiger partial charge on any atom is 0.202 e. The number of anilines is 2. The van der Waals surface area contributed by atoms with Gasteiger partial charge in [-0.05, 0) is 52.0 Å². The molecule has 0 aliphatic rings. The lowest BCUT2D eigenvalue weighted by Crippen LogP contribution is -2.15. The highest BCUT2D eigenvalue weighted by Crippen LogP contribution is 2.29. The van der Waals surface area contributed by atoms with Crippen molar-refractivity contribution in [3.05, 3.63) is 34.3 Å². The number of aromatic nitrogens is 1. The Hall–Kier alpha value is -0.780. The standard InChI is InChI=1S/C10H10N2S3/c1-2-12(8-6-4-3-5-7-8)9-11-10(13)15-14-9/h3-7H,2H2,1H3. The summed E-state index contributed by atoms with van der Waals surface area (Å²) in [5.74, 6) is 0. The van der Waals surface area contributed by atoms with E-state index in [9.17, 15) is 0 Å². The molecular formula is C10H10N2S3. The van der Waals surface area contributed by atoms with Crippen LogP contribution in [0.5, 0.6) is 0 Å². The molecule has 0 aliphatic heterocycles. The van der Waals surface area contributed by atoms with Crippen LogP contribution < -0.4 is 4.90 Å². The molecule has 0 amide bonds. The molecule has 2 rings (SSSR count). The van der Waals surface area contributed by atoms with Crippen LogP contribution in [0.1, 0.15) is 6.92 Å². The fourth-order valence-electron chi connectivity index (χ4n) is 1.33. The van der Waals surface area contributed by atoms with Crippen LogP contribution in [-0.2, 0) is 0 Å². The lowest BCUT2D eigenvalue weighted by atomic mass is 10.3. The first-order chi connectivity index (χ1) is 7.31. The van der Waals surface area contributed by atoms with Gasteiger partial charge in [-0.15, -0.1) is 0 Å². The van der Waals surface area contributed by atoms with Crippen molar-refractivity contribution in [2.45, 2.75) is 6.92 Å². The smallest absolute Gasteiger partial charge is 0.202 e. The molecule has 78 valence electrons. The second-order valence-electron chi connectivity index (χ2n) is 2.91. The second kappa shape index (κ2) is 4.83. The Labute approximate surface area is 101 Å². The molecule has 0 spiro atoms. The molecule has 2 aromatic rings. The van der Waals surface area contributed by atoms with Crippen molar-refractivity contribution in [1.29, 1.82) is 0 Å². The Morgan fingerprint density at radius 1 is 1.27 bits per heavy atom. The topological polar surface area (TPSA) is 16.1 Å². The van der Waals surface area contributed by atoms with E-state index in [1.54, 1.807) is 20.7 Å². The van der Waals surface area contributed by atoms with E-state index in [2.05, 4.69) is 28.9 Å². The molecule has 0 atom stereocenters. The Kier molecular flexibility index (Phi) is 3.45. The monoisotopic (exact) mass is 254 g/mol. The van der Waals surface area contributed by atoms with Crippen LogP contribution >= 0.6 is 32.9 Å². The van der Waals surface area contributed by atoms with Gasteiger partial charge in [-0.1, -0.05) is 18.2 Å². The summed E-state index contributed by atoms with van der Waals surface area (Å²) in [6.07, 6.45) is 0. The fourth-order valence-corrected chi connectivity index (χ4v) is 3.49. The number of hydrogen-bond acceptors (Lipinski definition) is 5. The van der Waals surface area contributed by atoms with E-state index in [4.69, 9.17) is 12.2 Å². The Balaban J connectivity index is 2.37. The van der Waals surface area contributed by atoms with Crippen molar-refractivity contribution in [2.24, 2.45) is 0 Å². The molecule has 0 N–H and O–H groups in total. The SMILES string of the molecule is CCN(c1ccccc1)c1nc(=S)ss1. The summed E-state index contributed by atoms with van der Waals surface area (Å²) >= 11 is 5.04. The van der Waals surface area contributed by atoms with Gasteiger partial charge in [-0.25, -0.2) is 0 Å². The summed E-state index contributed by atoms with van der Waals surface area (Å²) in [5.41, 5.74) is 1.16. The highest BCUT2D eigenvalue weighted by atomic mass is 32.9. The van der Waals surface area contributed by atoms with Crippen LogP contribution in [0.4, 0.5) is 10.8 Å². The van der Waals surface area contributed by atoms with Crippen molar-refractivity contribution in [2.75, 3.05) is 11.4 Å². The largest absolute Gasteiger partial charge is 0.317 e. The number of para-hydroxylation sites is 1. The Morgan fingerprint density at radius 2 is 2.00 bits per heavy atom. The van der Waals surface area contributed by atoms with E-state index in [0.29, 0.717) is 3.95 Å². The molecule has 0 saturated heterocycles. The van der Waals surface area contributed by atoms with Gasteiger partial charge >= 0.3 is 0 Å². The average Bonchev–Trinajstić information content (AvgIpc) is 2.68. The minimum absolute atomic E-state index is 0.712. The first-order valence-electron chi connectivity index (χ1n) is 4.61. The fraction of sp³-hybridized carbons (Fsp3) is 0.200. The highest BCUT2D eigenvalue weighted by Gasteiger charge is 2.09. The molecule has 0 saturated carbocycles. The summed E-state index contributed by atoms with van der Waals surface area (Å²) in [4.78, 5) is 6.50. The maximum atomic E-state index is 5.04. The third-order valence-electron chi connectivity index (χ3n) is 1.99. The van der Waals surface area contributed by atoms with Crippen LogP contribution in [-0.4, -0.2) is 11.5 Å². The highest BCUT2D eigenvalue weighted by molar-refractivity contribution is 7.79. The van der Waals surface area contributed by atoms with Gasteiger partial charge in [0.05, 0.1) is 0 Å². The first kappa shape index (κ1) is 10.7. The Morgan fingerprint density at radius 3 is 2.53 bits per heavy atom. The molecule has 0 radical (unpaired) electrons. The average molecular weight is 254 g/mol. The number of nitrogens with zero attached hydrogens (tertiary/aromatic N) is 2. The van der Waals surface area contributed by atoms with Crippen LogP contribution in [0.25, 0.3) is 0 Å². The van der Waals surface area contributed by atoms with Crippen LogP contribution in [0.15, 0.2) is 30.3 Å². The molecule has 1 aromatic heterocycles. The second-order valence-corrected chi connectivity index (χ2v) is 5.64. The van der Waals surface area contributed by atoms with E-state index in [-0.39, 0.29) is 0 Å². The molecule has 1 heterocycles. The van der Waals surface area contributed by atoms with Gasteiger partial charge in [-0.3, -0.25) is 0 Å². The molecule has 0 aliphatic carbocycles. The van der Waals surface area contributed by atoms with Crippen molar-refractivity contribution in [3.8, 4) is 0 Å². The molecule has 5 heteroatoms. The van der Waals surface area contributed by atoms with Gasteiger partial charge in [0.15, 0.2) is 3.95 Å². The zero-order valence-electron chi connectivity index (χ0n) is 8.21. The zero-order chi connectivity index (χ0) is 10.7. The number of hydrogen-bond donors (Lipinski definition) is 0. The first-order valence-corrected chi connectivity index (χ1v) is 7.17. The third-order valence-corrected chi connectivity index (χ3v) is 4.60. The zero-order valence-corrected chi connectivity index (χ0v) is 10.7. The van der Waals surface area contributed by atoms with Gasteiger partial charge in [0.25, 0.3) is 0 Å². The van der Waals surface area contributed by atoms with Crippen LogP contribution in [0.2, 0.25) is 0 Å². The van der Waals surface area contributed by atoms with Gasteiger partial charge < -0.3 is 4.90 Å². The van der Waals surface area contributed by atoms with E-state index >= 15 is 0 Å². The van der Waals surface area contributed by atoms with Gasteiger partial charge in [0.2, 0.25) is 5.13 Å². The number of rotatable bonds is 3. The Bertz CT molecular complexity index is 475. The number of benzene rings is 1. The normalized spacial score (nSPS) is 10.2. The minimum atomic E-state index is 0.712. The molecule has 0 bridgehead atoms. The quantitative estimate of drug-likeness (QED) is 0.606. The van der Waals surface area contributed by atoms with Crippen LogP contribution in [0.3, 0.4) is 0 Å². The molecule has 15 heavy (non-hydrogen) atoms. The van der Waals surface area contributed by atoms with E-state index in [1.807, 2.05) is 18.2 Å². The van der Waals surface area contributed by atoms with Gasteiger partial charge in [0.1, 0.15) is 0 Å². The summed E-state index contributed by atoms with van der Waals surface area (Å²) < 4.78 is 0.712. The molecule has 2 nitrogen and oxygen atoms in total. The molecule has 0 fully saturated rings. The van der Waals surface area contributed by atoms with Crippen molar-refractivity contribution in [3.63, 3.8) is 0 Å². The molecule has 0 unspecified atom stereocenters. The van der Waals surface area contributed by atoms with E-state index in [0.717, 1.165) is 17.4 Å². The summed E-state index contributed by atoms with van der Waals surface area (Å²) in [6.45, 7) is 3.02. The predicted octanol–water partition coefficient (Wildman–Crippen LogP) is 4.09. The van der Waals surface area contributed by atoms with E-state index < -0.39 is 0 Å². The van der Waals surface area contributed by atoms with Crippen molar-refractivity contribution in [1.82, 2.24) is 4.98 Å². The van der Waals surface area contributed by atoms with Crippen LogP contribution in [0, 0.1) is 3.95 Å². The maximum absolute atomic E-state index is 5.04. The lowest BCUT2D eigenvalue weighted by Gasteiger charge is -2.18. The third kappa shape index (κ3) is 2.42. The molecular weight excluding hydrogens is 244 g/mol. The summed E-state index contributed by atoms with van der Waals surface area (Å²) in [6, 6.07) is 10.2. The summed E-state index contributed by atoms with van der Waals surface area (Å²) in [5, 5.41) is 0.985. The summed E-state index contributed by atoms with van der Waals surface area (Å²) in [7, 11) is 3.18. The lowest BCUT2D eigenvalue weighted by molar-refractivity contribution is 1.01. The minimum Gasteiger partial charge on any atom is -0.317 e. The van der Waals surface area contributed by atoms with Gasteiger partial charge in [-0.2, -0.15) is 4.98 Å².